The van der Waals surface area contributed by atoms with Gasteiger partial charge in [-0.2, -0.15) is 0 Å². The minimum Gasteiger partial charge on any atom is -0.493 e. The van der Waals surface area contributed by atoms with Crippen LogP contribution in [-0.2, 0) is 19.4 Å². The lowest BCUT2D eigenvalue weighted by atomic mass is 10.1. The third-order valence-electron chi connectivity index (χ3n) is 5.78. The van der Waals surface area contributed by atoms with Gasteiger partial charge in [-0.1, -0.05) is 11.6 Å². The molecule has 1 saturated heterocycles. The van der Waals surface area contributed by atoms with Crippen molar-refractivity contribution < 1.29 is 9.47 Å². The van der Waals surface area contributed by atoms with Crippen molar-refractivity contribution in [1.29, 1.82) is 0 Å². The normalized spacial score (nSPS) is 17.1. The van der Waals surface area contributed by atoms with E-state index in [1.165, 1.54) is 0 Å². The number of benzene rings is 1. The molecule has 0 unspecified atom stereocenters. The number of fused-ring (bicyclic) bond motifs is 1. The van der Waals surface area contributed by atoms with E-state index in [9.17, 15) is 4.79 Å². The Labute approximate surface area is 175 Å². The van der Waals surface area contributed by atoms with Crippen molar-refractivity contribution in [2.75, 3.05) is 45.3 Å². The Morgan fingerprint density at radius 1 is 1.07 bits per heavy atom. The standard InChI is InChI=1S/C21H27ClN4O3/c1-28-18-11-14(16(22)12-19(18)29-2)13-25-9-5-15-17(6-10-25)23-21(24-20(15)27)26-7-3-4-8-26/h11-12H,3-10,13H2,1-2H3,(H,23,24,27). The van der Waals surface area contributed by atoms with Crippen LogP contribution in [-0.4, -0.2) is 55.3 Å². The molecule has 2 aliphatic rings. The van der Waals surface area contributed by atoms with E-state index in [1.54, 1.807) is 20.3 Å². The summed E-state index contributed by atoms with van der Waals surface area (Å²) in [4.78, 5) is 25.0. The van der Waals surface area contributed by atoms with Gasteiger partial charge in [0.15, 0.2) is 11.5 Å². The zero-order chi connectivity index (χ0) is 20.4. The molecule has 156 valence electrons. The summed E-state index contributed by atoms with van der Waals surface area (Å²) in [6.45, 7) is 4.22. The minimum atomic E-state index is 0.00268. The number of hydrogen-bond acceptors (Lipinski definition) is 6. The molecule has 0 amide bonds. The molecule has 0 aliphatic carbocycles. The fraction of sp³-hybridized carbons (Fsp3) is 0.524. The molecule has 1 N–H and O–H groups in total. The lowest BCUT2D eigenvalue weighted by molar-refractivity contribution is 0.278. The van der Waals surface area contributed by atoms with E-state index < -0.39 is 0 Å². The largest absolute Gasteiger partial charge is 0.493 e. The molecule has 29 heavy (non-hydrogen) atoms. The molecule has 0 bridgehead atoms. The second-order valence-electron chi connectivity index (χ2n) is 7.58. The third kappa shape index (κ3) is 4.21. The van der Waals surface area contributed by atoms with Crippen molar-refractivity contribution in [1.82, 2.24) is 14.9 Å². The molecule has 8 heteroatoms. The number of aromatic nitrogens is 2. The van der Waals surface area contributed by atoms with Gasteiger partial charge >= 0.3 is 0 Å². The van der Waals surface area contributed by atoms with Crippen LogP contribution < -0.4 is 19.9 Å². The predicted octanol–water partition coefficient (Wildman–Crippen LogP) is 2.64. The van der Waals surface area contributed by atoms with E-state index in [4.69, 9.17) is 26.1 Å². The second-order valence-corrected chi connectivity index (χ2v) is 7.99. The number of anilines is 1. The van der Waals surface area contributed by atoms with Crippen molar-refractivity contribution in [2.24, 2.45) is 0 Å². The zero-order valence-electron chi connectivity index (χ0n) is 17.0. The smallest absolute Gasteiger partial charge is 0.255 e. The zero-order valence-corrected chi connectivity index (χ0v) is 17.7. The van der Waals surface area contributed by atoms with Gasteiger partial charge in [0.25, 0.3) is 5.56 Å². The van der Waals surface area contributed by atoms with Crippen LogP contribution in [0.4, 0.5) is 5.95 Å². The molecule has 3 heterocycles. The number of hydrogen-bond donors (Lipinski definition) is 1. The number of nitrogens with one attached hydrogen (secondary N) is 1. The maximum atomic E-state index is 12.7. The van der Waals surface area contributed by atoms with Crippen molar-refractivity contribution in [3.63, 3.8) is 0 Å². The fourth-order valence-electron chi connectivity index (χ4n) is 4.14. The first kappa shape index (κ1) is 20.0. The molecule has 0 atom stereocenters. The van der Waals surface area contributed by atoms with Gasteiger partial charge in [-0.3, -0.25) is 14.7 Å². The monoisotopic (exact) mass is 418 g/mol. The molecule has 2 aliphatic heterocycles. The van der Waals surface area contributed by atoms with E-state index in [2.05, 4.69) is 14.8 Å². The van der Waals surface area contributed by atoms with Gasteiger partial charge in [-0.15, -0.1) is 0 Å². The fourth-order valence-corrected chi connectivity index (χ4v) is 4.35. The molecule has 1 aromatic carbocycles. The summed E-state index contributed by atoms with van der Waals surface area (Å²) in [7, 11) is 3.22. The first-order valence-corrected chi connectivity index (χ1v) is 10.5. The predicted molar refractivity (Wildman–Crippen MR) is 114 cm³/mol. The number of nitrogens with zero attached hydrogens (tertiary/aromatic N) is 3. The SMILES string of the molecule is COc1cc(Cl)c(CN2CCc3nc(N4CCCC4)[nH]c(=O)c3CC2)cc1OC. The maximum absolute atomic E-state index is 12.7. The maximum Gasteiger partial charge on any atom is 0.255 e. The highest BCUT2D eigenvalue weighted by atomic mass is 35.5. The summed E-state index contributed by atoms with van der Waals surface area (Å²) in [6.07, 6.45) is 3.75. The molecule has 1 aromatic heterocycles. The Morgan fingerprint density at radius 2 is 1.76 bits per heavy atom. The molecule has 4 rings (SSSR count). The van der Waals surface area contributed by atoms with Crippen LogP contribution in [0.3, 0.4) is 0 Å². The second kappa shape index (κ2) is 8.63. The lowest BCUT2D eigenvalue weighted by Gasteiger charge is -2.21. The number of aromatic amines is 1. The van der Waals surface area contributed by atoms with Gasteiger partial charge in [-0.25, -0.2) is 4.98 Å². The Balaban J connectivity index is 1.51. The Hall–Kier alpha value is -2.25. The number of rotatable bonds is 5. The Kier molecular flexibility index (Phi) is 5.96. The van der Waals surface area contributed by atoms with Gasteiger partial charge in [0.05, 0.1) is 19.9 Å². The highest BCUT2D eigenvalue weighted by Gasteiger charge is 2.22. The van der Waals surface area contributed by atoms with E-state index in [0.717, 1.165) is 68.2 Å². The van der Waals surface area contributed by atoms with Gasteiger partial charge in [0.1, 0.15) is 0 Å². The average Bonchev–Trinajstić information content (AvgIpc) is 3.18. The third-order valence-corrected chi connectivity index (χ3v) is 6.14. The van der Waals surface area contributed by atoms with E-state index in [1.807, 2.05) is 6.07 Å². The van der Waals surface area contributed by atoms with Crippen molar-refractivity contribution in [3.8, 4) is 11.5 Å². The van der Waals surface area contributed by atoms with Crippen molar-refractivity contribution >= 4 is 17.5 Å². The highest BCUT2D eigenvalue weighted by Crippen LogP contribution is 2.34. The summed E-state index contributed by atoms with van der Waals surface area (Å²) in [5.41, 5.74) is 2.73. The van der Waals surface area contributed by atoms with Crippen molar-refractivity contribution in [3.05, 3.63) is 44.3 Å². The summed E-state index contributed by atoms with van der Waals surface area (Å²) < 4.78 is 10.7. The van der Waals surface area contributed by atoms with Crippen LogP contribution >= 0.6 is 11.6 Å². The summed E-state index contributed by atoms with van der Waals surface area (Å²) in [5.74, 6) is 2.01. The lowest BCUT2D eigenvalue weighted by Crippen LogP contribution is -2.27. The summed E-state index contributed by atoms with van der Waals surface area (Å²) in [5, 5.41) is 0.650. The van der Waals surface area contributed by atoms with Crippen LogP contribution in [0.1, 0.15) is 29.7 Å². The Bertz CT molecular complexity index is 940. The molecule has 1 fully saturated rings. The van der Waals surface area contributed by atoms with E-state index in [-0.39, 0.29) is 5.56 Å². The Morgan fingerprint density at radius 3 is 2.48 bits per heavy atom. The van der Waals surface area contributed by atoms with Crippen LogP contribution in [0.5, 0.6) is 11.5 Å². The highest BCUT2D eigenvalue weighted by molar-refractivity contribution is 6.31. The van der Waals surface area contributed by atoms with Crippen LogP contribution in [0.25, 0.3) is 0 Å². The molecule has 0 radical (unpaired) electrons. The molecule has 0 spiro atoms. The average molecular weight is 419 g/mol. The number of ether oxygens (including phenoxy) is 2. The first-order valence-electron chi connectivity index (χ1n) is 10.1. The number of methoxy groups -OCH3 is 2. The van der Waals surface area contributed by atoms with Crippen molar-refractivity contribution in [2.45, 2.75) is 32.2 Å². The van der Waals surface area contributed by atoms with Gasteiger partial charge in [0.2, 0.25) is 5.95 Å². The van der Waals surface area contributed by atoms with Gasteiger partial charge < -0.3 is 14.4 Å². The van der Waals surface area contributed by atoms with Crippen LogP contribution in [0.15, 0.2) is 16.9 Å². The van der Waals surface area contributed by atoms with Crippen LogP contribution in [0, 0.1) is 0 Å². The van der Waals surface area contributed by atoms with Gasteiger partial charge in [-0.05, 0) is 30.9 Å². The molecule has 7 nitrogen and oxygen atoms in total. The van der Waals surface area contributed by atoms with Gasteiger partial charge in [0, 0.05) is 55.8 Å². The summed E-state index contributed by atoms with van der Waals surface area (Å²) >= 11 is 6.47. The number of halogens is 1. The van der Waals surface area contributed by atoms with E-state index >= 15 is 0 Å². The summed E-state index contributed by atoms with van der Waals surface area (Å²) in [6, 6.07) is 3.71. The molecular weight excluding hydrogens is 392 g/mol. The molecule has 2 aromatic rings. The van der Waals surface area contributed by atoms with Crippen LogP contribution in [0.2, 0.25) is 5.02 Å². The molecular formula is C21H27ClN4O3. The number of H-pyrrole nitrogens is 1. The van der Waals surface area contributed by atoms with E-state index in [0.29, 0.717) is 29.5 Å². The quantitative estimate of drug-likeness (QED) is 0.804. The minimum absolute atomic E-state index is 0.00268. The topological polar surface area (TPSA) is 70.7 Å². The molecule has 0 saturated carbocycles. The first-order chi connectivity index (χ1) is 14.1.